The van der Waals surface area contributed by atoms with Crippen LogP contribution in [0, 0.1) is 0 Å². The number of para-hydroxylation sites is 2. The van der Waals surface area contributed by atoms with E-state index in [-0.39, 0.29) is 5.91 Å². The summed E-state index contributed by atoms with van der Waals surface area (Å²) in [7, 11) is 0. The zero-order valence-corrected chi connectivity index (χ0v) is 16.3. The third-order valence-corrected chi connectivity index (χ3v) is 5.39. The number of nitrogens with zero attached hydrogens (tertiary/aromatic N) is 3. The second-order valence-corrected chi connectivity index (χ2v) is 7.69. The fourth-order valence-electron chi connectivity index (χ4n) is 3.73. The van der Waals surface area contributed by atoms with Crippen molar-refractivity contribution in [2.24, 2.45) is 0 Å². The van der Waals surface area contributed by atoms with Crippen LogP contribution in [0.1, 0.15) is 30.0 Å². The maximum absolute atomic E-state index is 12.8. The van der Waals surface area contributed by atoms with Crippen LogP contribution in [0.2, 0.25) is 0 Å². The molecule has 1 N–H and O–H groups in total. The van der Waals surface area contributed by atoms with E-state index in [9.17, 15) is 4.79 Å². The summed E-state index contributed by atoms with van der Waals surface area (Å²) < 4.78 is 7.64. The smallest absolute Gasteiger partial charge is 0.239 e. The molecule has 0 atom stereocenters. The van der Waals surface area contributed by atoms with Crippen molar-refractivity contribution in [3.63, 3.8) is 0 Å². The van der Waals surface area contributed by atoms with Gasteiger partial charge in [0.25, 0.3) is 0 Å². The highest BCUT2D eigenvalue weighted by atomic mass is 16.5. The van der Waals surface area contributed by atoms with Gasteiger partial charge in [0, 0.05) is 30.6 Å². The highest BCUT2D eigenvalue weighted by Gasteiger charge is 2.28. The molecule has 0 radical (unpaired) electrons. The molecule has 0 bridgehead atoms. The Morgan fingerprint density at radius 1 is 1.10 bits per heavy atom. The topological polar surface area (TPSA) is 59.4 Å². The molecule has 5 rings (SSSR count). The van der Waals surface area contributed by atoms with Crippen molar-refractivity contribution in [2.75, 3.05) is 25.0 Å². The number of aromatic nitrogens is 2. The zero-order valence-electron chi connectivity index (χ0n) is 16.3. The molecule has 0 unspecified atom stereocenters. The van der Waals surface area contributed by atoms with E-state index in [2.05, 4.69) is 16.3 Å². The van der Waals surface area contributed by atoms with Gasteiger partial charge in [0.15, 0.2) is 0 Å². The van der Waals surface area contributed by atoms with E-state index in [1.54, 1.807) is 0 Å². The van der Waals surface area contributed by atoms with Gasteiger partial charge < -0.3 is 10.1 Å². The summed E-state index contributed by atoms with van der Waals surface area (Å²) in [6.07, 6.45) is 2.35. The van der Waals surface area contributed by atoms with Crippen LogP contribution in [0.4, 0.5) is 5.82 Å². The Hall–Kier alpha value is -3.12. The van der Waals surface area contributed by atoms with Crippen LogP contribution in [0.15, 0.2) is 60.7 Å². The number of hydrogen-bond donors (Lipinski definition) is 1. The van der Waals surface area contributed by atoms with Crippen molar-refractivity contribution in [1.82, 2.24) is 14.7 Å². The monoisotopic (exact) mass is 388 g/mol. The standard InChI is InChI=1S/C23H24N4O2/c28-23(16-26-12-13-29-21-9-5-4-6-18(21)15-26)24-22-14-20(17-10-11-17)25-27(22)19-7-2-1-3-8-19/h1-9,14,17H,10-13,15-16H2,(H,24,28). The number of rotatable bonds is 5. The van der Waals surface area contributed by atoms with Gasteiger partial charge in [-0.05, 0) is 31.0 Å². The summed E-state index contributed by atoms with van der Waals surface area (Å²) in [5.74, 6) is 2.12. The molecule has 1 fully saturated rings. The van der Waals surface area contributed by atoms with Crippen LogP contribution in [0.25, 0.3) is 5.69 Å². The Labute approximate surface area is 170 Å². The van der Waals surface area contributed by atoms with Crippen molar-refractivity contribution in [2.45, 2.75) is 25.3 Å². The maximum atomic E-state index is 12.8. The Morgan fingerprint density at radius 2 is 1.90 bits per heavy atom. The number of benzene rings is 2. The maximum Gasteiger partial charge on any atom is 0.239 e. The van der Waals surface area contributed by atoms with E-state index >= 15 is 0 Å². The average Bonchev–Trinajstić information content (AvgIpc) is 3.53. The van der Waals surface area contributed by atoms with Gasteiger partial charge in [-0.25, -0.2) is 4.68 Å². The highest BCUT2D eigenvalue weighted by molar-refractivity contribution is 5.91. The van der Waals surface area contributed by atoms with Gasteiger partial charge in [-0.3, -0.25) is 9.69 Å². The van der Waals surface area contributed by atoms with E-state index in [4.69, 9.17) is 9.84 Å². The van der Waals surface area contributed by atoms with E-state index in [0.717, 1.165) is 28.5 Å². The highest BCUT2D eigenvalue weighted by Crippen LogP contribution is 2.40. The molecule has 2 aromatic carbocycles. The molecule has 1 aromatic heterocycles. The summed E-state index contributed by atoms with van der Waals surface area (Å²) in [6.45, 7) is 2.32. The molecule has 1 saturated carbocycles. The molecule has 1 aliphatic heterocycles. The molecular formula is C23H24N4O2. The van der Waals surface area contributed by atoms with Crippen LogP contribution in [-0.4, -0.2) is 40.3 Å². The van der Waals surface area contributed by atoms with Gasteiger partial charge in [-0.2, -0.15) is 5.10 Å². The van der Waals surface area contributed by atoms with Crippen molar-refractivity contribution in [3.05, 3.63) is 71.9 Å². The van der Waals surface area contributed by atoms with E-state index in [0.29, 0.717) is 32.2 Å². The summed E-state index contributed by atoms with van der Waals surface area (Å²) in [4.78, 5) is 15.0. The van der Waals surface area contributed by atoms with E-state index < -0.39 is 0 Å². The molecule has 6 nitrogen and oxygen atoms in total. The Kier molecular flexibility index (Phi) is 4.77. The zero-order chi connectivity index (χ0) is 19.6. The van der Waals surface area contributed by atoms with Crippen LogP contribution >= 0.6 is 0 Å². The minimum absolute atomic E-state index is 0.0381. The molecule has 0 spiro atoms. The Morgan fingerprint density at radius 3 is 2.72 bits per heavy atom. The summed E-state index contributed by atoms with van der Waals surface area (Å²) in [5, 5.41) is 7.84. The second-order valence-electron chi connectivity index (χ2n) is 7.69. The van der Waals surface area contributed by atoms with Crippen LogP contribution in [0.5, 0.6) is 5.75 Å². The van der Waals surface area contributed by atoms with Crippen LogP contribution in [0.3, 0.4) is 0 Å². The second kappa shape index (κ2) is 7.72. The number of anilines is 1. The summed E-state index contributed by atoms with van der Waals surface area (Å²) in [6, 6.07) is 20.0. The van der Waals surface area contributed by atoms with Crippen molar-refractivity contribution in [1.29, 1.82) is 0 Å². The quantitative estimate of drug-likeness (QED) is 0.726. The SMILES string of the molecule is O=C(CN1CCOc2ccccc2C1)Nc1cc(C2CC2)nn1-c1ccccc1. The predicted molar refractivity (Wildman–Crippen MR) is 111 cm³/mol. The number of amides is 1. The van der Waals surface area contributed by atoms with Gasteiger partial charge in [-0.15, -0.1) is 0 Å². The molecule has 0 saturated heterocycles. The molecule has 6 heteroatoms. The van der Waals surface area contributed by atoms with Gasteiger partial charge >= 0.3 is 0 Å². The number of nitrogens with one attached hydrogen (secondary N) is 1. The molecule has 29 heavy (non-hydrogen) atoms. The predicted octanol–water partition coefficient (Wildman–Crippen LogP) is 3.58. The number of carbonyl (C=O) groups is 1. The fourth-order valence-corrected chi connectivity index (χ4v) is 3.73. The first kappa shape index (κ1) is 17.9. The third-order valence-electron chi connectivity index (χ3n) is 5.39. The third kappa shape index (κ3) is 4.03. The molecule has 1 amide bonds. The number of carbonyl (C=O) groups excluding carboxylic acids is 1. The van der Waals surface area contributed by atoms with Crippen molar-refractivity contribution >= 4 is 11.7 Å². The van der Waals surface area contributed by atoms with E-state index in [1.807, 2.05) is 59.3 Å². The molecule has 3 aromatic rings. The van der Waals surface area contributed by atoms with E-state index in [1.165, 1.54) is 12.8 Å². The normalized spacial score (nSPS) is 16.6. The molecule has 1 aliphatic carbocycles. The number of hydrogen-bond acceptors (Lipinski definition) is 4. The minimum atomic E-state index is -0.0381. The first-order valence-electron chi connectivity index (χ1n) is 10.1. The van der Waals surface area contributed by atoms with Crippen molar-refractivity contribution < 1.29 is 9.53 Å². The average molecular weight is 388 g/mol. The lowest BCUT2D eigenvalue weighted by Gasteiger charge is -2.18. The van der Waals surface area contributed by atoms with Crippen LogP contribution < -0.4 is 10.1 Å². The molecule has 2 aliphatic rings. The molecule has 148 valence electrons. The van der Waals surface area contributed by atoms with Gasteiger partial charge in [0.2, 0.25) is 5.91 Å². The largest absolute Gasteiger partial charge is 0.492 e. The lowest BCUT2D eigenvalue weighted by molar-refractivity contribution is -0.117. The first-order chi connectivity index (χ1) is 14.3. The van der Waals surface area contributed by atoms with Crippen molar-refractivity contribution in [3.8, 4) is 11.4 Å². The molecule has 2 heterocycles. The lowest BCUT2D eigenvalue weighted by atomic mass is 10.2. The van der Waals surface area contributed by atoms with Crippen LogP contribution in [-0.2, 0) is 11.3 Å². The van der Waals surface area contributed by atoms with Gasteiger partial charge in [0.05, 0.1) is 17.9 Å². The molecular weight excluding hydrogens is 364 g/mol. The number of fused-ring (bicyclic) bond motifs is 1. The Balaban J connectivity index is 1.32. The summed E-state index contributed by atoms with van der Waals surface area (Å²) >= 11 is 0. The minimum Gasteiger partial charge on any atom is -0.492 e. The first-order valence-corrected chi connectivity index (χ1v) is 10.1. The Bertz CT molecular complexity index is 1010. The lowest BCUT2D eigenvalue weighted by Crippen LogP contribution is -2.34. The van der Waals surface area contributed by atoms with Gasteiger partial charge in [-0.1, -0.05) is 36.4 Å². The fraction of sp³-hybridized carbons (Fsp3) is 0.304. The number of ether oxygens (including phenoxy) is 1. The summed E-state index contributed by atoms with van der Waals surface area (Å²) in [5.41, 5.74) is 3.12. The van der Waals surface area contributed by atoms with Gasteiger partial charge in [0.1, 0.15) is 18.2 Å².